The summed E-state index contributed by atoms with van der Waals surface area (Å²) in [5.74, 6) is 0.836. The molecule has 5 nitrogen and oxygen atoms in total. The first-order valence-corrected chi connectivity index (χ1v) is 16.2. The topological polar surface area (TPSA) is 48.0 Å². The van der Waals surface area contributed by atoms with Crippen molar-refractivity contribution in [1.82, 2.24) is 4.57 Å². The van der Waals surface area contributed by atoms with E-state index in [4.69, 9.17) is 14.2 Å². The largest absolute Gasteiger partial charge is 0.479 e. The Labute approximate surface area is 220 Å². The van der Waals surface area contributed by atoms with E-state index in [0.29, 0.717) is 6.79 Å². The van der Waals surface area contributed by atoms with Gasteiger partial charge in [-0.2, -0.15) is 0 Å². The summed E-state index contributed by atoms with van der Waals surface area (Å²) in [6.07, 6.45) is 14.8. The third kappa shape index (κ3) is 15.1. The van der Waals surface area contributed by atoms with Crippen LogP contribution in [-0.2, 0) is 14.3 Å². The van der Waals surface area contributed by atoms with Crippen LogP contribution in [0.15, 0.2) is 30.3 Å². The third-order valence-electron chi connectivity index (χ3n) is 6.70. The van der Waals surface area contributed by atoms with Crippen LogP contribution in [0.5, 0.6) is 5.75 Å². The van der Waals surface area contributed by atoms with Crippen LogP contribution in [0.1, 0.15) is 90.9 Å². The molecule has 35 heavy (non-hydrogen) atoms. The molecule has 1 aromatic rings. The molecule has 1 fully saturated rings. The van der Waals surface area contributed by atoms with Crippen LogP contribution in [0.2, 0.25) is 5.54 Å². The maximum absolute atomic E-state index is 11.8. The quantitative estimate of drug-likeness (QED) is 0.131. The molecular formula is C28H49NO4SSi. The van der Waals surface area contributed by atoms with Crippen molar-refractivity contribution in [3.8, 4) is 5.75 Å². The van der Waals surface area contributed by atoms with E-state index in [1.807, 2.05) is 30.3 Å². The first-order valence-electron chi connectivity index (χ1n) is 13.8. The van der Waals surface area contributed by atoms with Gasteiger partial charge < -0.3 is 18.8 Å². The number of ether oxygens (including phenoxy) is 3. The van der Waals surface area contributed by atoms with Gasteiger partial charge in [0.25, 0.3) is 0 Å². The van der Waals surface area contributed by atoms with Gasteiger partial charge in [-0.15, -0.1) is 0 Å². The zero-order chi connectivity index (χ0) is 25.1. The summed E-state index contributed by atoms with van der Waals surface area (Å²) in [6, 6.07) is 9.85. The fraction of sp³-hybridized carbons (Fsp3) is 0.750. The molecule has 1 aromatic carbocycles. The van der Waals surface area contributed by atoms with Crippen LogP contribution in [0.4, 0.5) is 0 Å². The predicted octanol–water partition coefficient (Wildman–Crippen LogP) is 6.55. The summed E-state index contributed by atoms with van der Waals surface area (Å²) in [7, 11) is 1.95. The number of carbonyl (C=O) groups is 1. The fourth-order valence-corrected chi connectivity index (χ4v) is 7.54. The van der Waals surface area contributed by atoms with E-state index in [9.17, 15) is 4.79 Å². The van der Waals surface area contributed by atoms with E-state index >= 15 is 0 Å². The third-order valence-corrected chi connectivity index (χ3v) is 9.90. The lowest BCUT2D eigenvalue weighted by Crippen LogP contribution is -2.34. The second-order valence-corrected chi connectivity index (χ2v) is 13.9. The highest BCUT2D eigenvalue weighted by atomic mass is 32.2. The molecule has 1 saturated heterocycles. The Morgan fingerprint density at radius 3 is 2.57 bits per heavy atom. The fourth-order valence-electron chi connectivity index (χ4n) is 4.67. The zero-order valence-electron chi connectivity index (χ0n) is 22.4. The first kappa shape index (κ1) is 30.4. The maximum Gasteiger partial charge on any atom is 0.189 e. The van der Waals surface area contributed by atoms with Crippen molar-refractivity contribution < 1.29 is 19.0 Å². The standard InChI is InChI=1S/C28H49NO4SSi/c1-4-5-6-7-8-9-13-22-31-23-32-25-16-17-27(35-29(3)21-20-25)18-19-28(34-24(2)30)33-26-14-11-10-12-15-26/h10-12,14-15,25,27-28H,4-9,13,16-23,35H2,1-3H3. The summed E-state index contributed by atoms with van der Waals surface area (Å²) in [5, 5.41) is 0.114. The number of benzene rings is 1. The van der Waals surface area contributed by atoms with Gasteiger partial charge in [0, 0.05) is 13.5 Å². The van der Waals surface area contributed by atoms with Crippen molar-refractivity contribution in [3.05, 3.63) is 30.3 Å². The minimum atomic E-state index is -0.318. The summed E-state index contributed by atoms with van der Waals surface area (Å²) in [5.41, 5.74) is 0.598. The van der Waals surface area contributed by atoms with E-state index in [0.717, 1.165) is 56.5 Å². The van der Waals surface area contributed by atoms with Gasteiger partial charge in [-0.05, 0) is 81.6 Å². The van der Waals surface area contributed by atoms with Gasteiger partial charge >= 0.3 is 0 Å². The molecule has 0 aromatic heterocycles. The summed E-state index contributed by atoms with van der Waals surface area (Å²) >= 11 is 1.32. The van der Waals surface area contributed by atoms with Crippen LogP contribution in [-0.4, -0.2) is 57.9 Å². The lowest BCUT2D eigenvalue weighted by atomic mass is 10.1. The molecule has 3 unspecified atom stereocenters. The lowest BCUT2D eigenvalue weighted by molar-refractivity contribution is -0.109. The number of rotatable bonds is 17. The first-order chi connectivity index (χ1) is 17.1. The van der Waals surface area contributed by atoms with E-state index in [1.54, 1.807) is 6.92 Å². The van der Waals surface area contributed by atoms with Crippen molar-refractivity contribution in [2.75, 3.05) is 27.0 Å². The number of hydrogen-bond acceptors (Lipinski definition) is 6. The van der Waals surface area contributed by atoms with Crippen molar-refractivity contribution in [1.29, 1.82) is 0 Å². The van der Waals surface area contributed by atoms with Gasteiger partial charge in [-0.1, -0.05) is 63.6 Å². The molecule has 0 N–H and O–H groups in total. The molecule has 1 aliphatic heterocycles. The molecular weight excluding hydrogens is 474 g/mol. The Morgan fingerprint density at radius 2 is 1.83 bits per heavy atom. The Morgan fingerprint density at radius 1 is 1.09 bits per heavy atom. The molecule has 1 heterocycles. The van der Waals surface area contributed by atoms with E-state index in [1.165, 1.54) is 56.7 Å². The van der Waals surface area contributed by atoms with Crippen LogP contribution in [0, 0.1) is 0 Å². The number of hydrogen-bond donors (Lipinski definition) is 0. The Hall–Kier alpha value is -0.863. The highest BCUT2D eigenvalue weighted by Gasteiger charge is 2.23. The summed E-state index contributed by atoms with van der Waals surface area (Å²) < 4.78 is 20.6. The average Bonchev–Trinajstić information content (AvgIpc) is 2.83. The Balaban J connectivity index is 1.67. The number of nitrogens with zero attached hydrogens (tertiary/aromatic N) is 1. The molecule has 3 atom stereocenters. The van der Waals surface area contributed by atoms with Crippen molar-refractivity contribution >= 4 is 26.6 Å². The van der Waals surface area contributed by atoms with Gasteiger partial charge in [-0.25, -0.2) is 0 Å². The van der Waals surface area contributed by atoms with Crippen LogP contribution in [0.25, 0.3) is 0 Å². The summed E-state index contributed by atoms with van der Waals surface area (Å²) in [6.45, 7) is 6.23. The van der Waals surface area contributed by atoms with Crippen LogP contribution in [0.3, 0.4) is 0 Å². The average molecular weight is 524 g/mol. The molecule has 0 bridgehead atoms. The number of unbranched alkanes of at least 4 members (excludes halogenated alkanes) is 6. The second kappa shape index (κ2) is 19.3. The van der Waals surface area contributed by atoms with Crippen molar-refractivity contribution in [2.24, 2.45) is 0 Å². The summed E-state index contributed by atoms with van der Waals surface area (Å²) in [4.78, 5) is 11.8. The highest BCUT2D eigenvalue weighted by Crippen LogP contribution is 2.30. The molecule has 2 rings (SSSR count). The Kier molecular flexibility index (Phi) is 16.7. The zero-order valence-corrected chi connectivity index (χ0v) is 24.7. The molecule has 0 radical (unpaired) electrons. The predicted molar refractivity (Wildman–Crippen MR) is 151 cm³/mol. The number of thioether (sulfide) groups is 1. The second-order valence-electron chi connectivity index (χ2n) is 9.98. The molecule has 0 aliphatic carbocycles. The SMILES string of the molecule is CCCCCCCCCOCOC1CCC(CCC(Oc2ccccc2)SC(C)=O)[SiH2]N(C)CC1. The number of carbonyl (C=O) groups excluding carboxylic acids is 1. The molecule has 7 heteroatoms. The minimum absolute atomic E-state index is 0.114. The molecule has 1 aliphatic rings. The van der Waals surface area contributed by atoms with Crippen molar-refractivity contribution in [2.45, 2.75) is 108 Å². The van der Waals surface area contributed by atoms with Crippen LogP contribution >= 0.6 is 11.8 Å². The van der Waals surface area contributed by atoms with Gasteiger partial charge in [0.05, 0.1) is 15.8 Å². The van der Waals surface area contributed by atoms with Crippen molar-refractivity contribution in [3.63, 3.8) is 0 Å². The smallest absolute Gasteiger partial charge is 0.189 e. The molecule has 200 valence electrons. The van der Waals surface area contributed by atoms with Gasteiger partial charge in [-0.3, -0.25) is 4.79 Å². The molecule has 0 amide bonds. The van der Waals surface area contributed by atoms with E-state index in [-0.39, 0.29) is 26.3 Å². The Bertz CT molecular complexity index is 666. The molecule has 0 spiro atoms. The highest BCUT2D eigenvalue weighted by molar-refractivity contribution is 8.13. The monoisotopic (exact) mass is 523 g/mol. The van der Waals surface area contributed by atoms with Gasteiger partial charge in [0.15, 0.2) is 10.6 Å². The normalized spacial score (nSPS) is 20.9. The minimum Gasteiger partial charge on any atom is -0.479 e. The van der Waals surface area contributed by atoms with Gasteiger partial charge in [0.1, 0.15) is 12.5 Å². The lowest BCUT2D eigenvalue weighted by Gasteiger charge is -2.31. The van der Waals surface area contributed by atoms with E-state index in [2.05, 4.69) is 18.5 Å². The van der Waals surface area contributed by atoms with Crippen LogP contribution < -0.4 is 4.74 Å². The maximum atomic E-state index is 11.8. The van der Waals surface area contributed by atoms with Gasteiger partial charge in [0.2, 0.25) is 0 Å². The molecule has 0 saturated carbocycles. The number of para-hydroxylation sites is 1. The van der Waals surface area contributed by atoms with E-state index < -0.39 is 0 Å².